The van der Waals surface area contributed by atoms with Gasteiger partial charge in [-0.2, -0.15) is 0 Å². The molecule has 0 spiro atoms. The van der Waals surface area contributed by atoms with Crippen molar-refractivity contribution in [1.29, 1.82) is 0 Å². The molecule has 4 N–H and O–H groups in total. The first-order valence-corrected chi connectivity index (χ1v) is 14.6. The number of benzene rings is 1. The summed E-state index contributed by atoms with van der Waals surface area (Å²) in [4.78, 5) is 13.1. The molecule has 0 saturated heterocycles. The number of halogens is 1. The van der Waals surface area contributed by atoms with E-state index in [0.717, 1.165) is 49.8 Å². The lowest BCUT2D eigenvalue weighted by molar-refractivity contribution is -0.134. The lowest BCUT2D eigenvalue weighted by Crippen LogP contribution is -2.49. The van der Waals surface area contributed by atoms with Crippen molar-refractivity contribution >= 4 is 18.3 Å². The van der Waals surface area contributed by atoms with Crippen LogP contribution in [0, 0.1) is 23.2 Å². The van der Waals surface area contributed by atoms with E-state index in [9.17, 15) is 9.90 Å². The summed E-state index contributed by atoms with van der Waals surface area (Å²) in [5.41, 5.74) is 7.11. The van der Waals surface area contributed by atoms with Gasteiger partial charge in [0.15, 0.2) is 11.5 Å². The summed E-state index contributed by atoms with van der Waals surface area (Å²) in [5.74, 6) is 2.33. The van der Waals surface area contributed by atoms with Crippen LogP contribution in [0.3, 0.4) is 0 Å². The average Bonchev–Trinajstić information content (AvgIpc) is 2.93. The number of carbonyl (C=O) groups excluding carboxylic acids is 1. The van der Waals surface area contributed by atoms with E-state index in [1.54, 1.807) is 21.3 Å². The summed E-state index contributed by atoms with van der Waals surface area (Å²) in [6.07, 6.45) is 5.65. The highest BCUT2D eigenvalue weighted by atomic mass is 35.5. The molecular formula is C31H55ClN2O6. The number of nitrogens with one attached hydrogen (secondary N) is 1. The van der Waals surface area contributed by atoms with Crippen LogP contribution in [0.4, 0.5) is 0 Å². The fraction of sp³-hybridized carbons (Fsp3) is 0.774. The Morgan fingerprint density at radius 2 is 1.77 bits per heavy atom. The average molecular weight is 587 g/mol. The van der Waals surface area contributed by atoms with Crippen LogP contribution in [0.1, 0.15) is 71.8 Å². The molecule has 0 aromatic heterocycles. The Morgan fingerprint density at radius 3 is 2.35 bits per heavy atom. The van der Waals surface area contributed by atoms with Crippen LogP contribution >= 0.6 is 12.4 Å². The van der Waals surface area contributed by atoms with E-state index in [2.05, 4.69) is 25.2 Å². The van der Waals surface area contributed by atoms with Gasteiger partial charge in [-0.25, -0.2) is 0 Å². The van der Waals surface area contributed by atoms with Crippen molar-refractivity contribution in [2.45, 2.75) is 90.9 Å². The number of amides is 1. The summed E-state index contributed by atoms with van der Waals surface area (Å²) in [7, 11) is 5.07. The number of hydrogen-bond acceptors (Lipinski definition) is 7. The molecule has 8 nitrogen and oxygen atoms in total. The molecule has 40 heavy (non-hydrogen) atoms. The van der Waals surface area contributed by atoms with E-state index < -0.39 is 17.6 Å². The molecule has 1 saturated carbocycles. The molecule has 0 heterocycles. The zero-order valence-electron chi connectivity index (χ0n) is 25.7. The molecule has 1 aromatic rings. The molecule has 1 aliphatic rings. The van der Waals surface area contributed by atoms with E-state index >= 15 is 0 Å². The smallest absolute Gasteiger partial charge is 0.226 e. The summed E-state index contributed by atoms with van der Waals surface area (Å²) in [6.45, 7) is 9.72. The van der Waals surface area contributed by atoms with Crippen molar-refractivity contribution in [2.75, 3.05) is 41.1 Å². The lowest BCUT2D eigenvalue weighted by Gasteiger charge is -2.38. The molecule has 232 valence electrons. The zero-order valence-corrected chi connectivity index (χ0v) is 26.6. The largest absolute Gasteiger partial charge is 0.493 e. The molecule has 9 heteroatoms. The van der Waals surface area contributed by atoms with E-state index in [0.29, 0.717) is 43.3 Å². The number of nitrogens with two attached hydrogens (primary N) is 1. The maximum atomic E-state index is 13.1. The van der Waals surface area contributed by atoms with Crippen LogP contribution < -0.4 is 20.5 Å². The SMILES string of the molecule is COCCCOc1cc(CC(CC(N)C(O)CNC(=O)C(C)(C)[C@H]2CC[C@@H](OC)CC2)C(C)C)ccc1OC.Cl. The molecular weight excluding hydrogens is 532 g/mol. The number of rotatable bonds is 17. The summed E-state index contributed by atoms with van der Waals surface area (Å²) in [5, 5.41) is 13.8. The first kappa shape index (κ1) is 36.4. The van der Waals surface area contributed by atoms with Crippen LogP contribution in [0.2, 0.25) is 0 Å². The second-order valence-corrected chi connectivity index (χ2v) is 12.0. The third-order valence-electron chi connectivity index (χ3n) is 8.57. The van der Waals surface area contributed by atoms with Crippen LogP contribution in [-0.2, 0) is 20.7 Å². The van der Waals surface area contributed by atoms with Crippen molar-refractivity contribution in [2.24, 2.45) is 28.9 Å². The van der Waals surface area contributed by atoms with Gasteiger partial charge in [-0.3, -0.25) is 4.79 Å². The Bertz CT molecular complexity index is 860. The normalized spacial score (nSPS) is 19.9. The van der Waals surface area contributed by atoms with Crippen molar-refractivity contribution in [1.82, 2.24) is 5.32 Å². The van der Waals surface area contributed by atoms with Gasteiger partial charge < -0.3 is 35.1 Å². The molecule has 0 bridgehead atoms. The summed E-state index contributed by atoms with van der Waals surface area (Å²) < 4.78 is 22.0. The number of methoxy groups -OCH3 is 3. The fourth-order valence-electron chi connectivity index (χ4n) is 5.53. The van der Waals surface area contributed by atoms with Gasteiger partial charge in [0.25, 0.3) is 0 Å². The Balaban J connectivity index is 0.00000800. The Hall–Kier alpha value is -1.58. The minimum Gasteiger partial charge on any atom is -0.493 e. The zero-order chi connectivity index (χ0) is 29.0. The van der Waals surface area contributed by atoms with E-state index in [1.807, 2.05) is 26.0 Å². The van der Waals surface area contributed by atoms with Crippen LogP contribution in [0.25, 0.3) is 0 Å². The Morgan fingerprint density at radius 1 is 1.10 bits per heavy atom. The van der Waals surface area contributed by atoms with Gasteiger partial charge >= 0.3 is 0 Å². The highest BCUT2D eigenvalue weighted by Gasteiger charge is 2.39. The van der Waals surface area contributed by atoms with Crippen molar-refractivity contribution in [3.8, 4) is 11.5 Å². The Labute approximate surface area is 248 Å². The molecule has 1 amide bonds. The minimum atomic E-state index is -0.814. The molecule has 1 aliphatic carbocycles. The van der Waals surface area contributed by atoms with Crippen molar-refractivity contribution in [3.05, 3.63) is 23.8 Å². The van der Waals surface area contributed by atoms with Gasteiger partial charge in [-0.1, -0.05) is 33.8 Å². The molecule has 3 atom stereocenters. The first-order valence-electron chi connectivity index (χ1n) is 14.6. The Kier molecular flexibility index (Phi) is 16.5. The van der Waals surface area contributed by atoms with Gasteiger partial charge in [-0.15, -0.1) is 12.4 Å². The molecule has 2 rings (SSSR count). The van der Waals surface area contributed by atoms with Gasteiger partial charge in [0.2, 0.25) is 5.91 Å². The highest BCUT2D eigenvalue weighted by molar-refractivity contribution is 5.85. The number of carbonyl (C=O) groups is 1. The standard InChI is InChI=1S/C31H54N2O6.ClH/c1-21(2)23(17-22-9-14-28(38-7)29(18-22)39-16-8-15-36-5)19-26(32)27(34)20-33-30(35)31(3,4)24-10-12-25(37-6)13-11-24;/h9,14,18,21,23-27,34H,8,10-13,15-17,19-20,32H2,1-7H3,(H,33,35);1H/t23?,24-,25+,26?,27?;. The van der Waals surface area contributed by atoms with Gasteiger partial charge in [0.1, 0.15) is 0 Å². The quantitative estimate of drug-likeness (QED) is 0.225. The number of aliphatic hydroxyl groups is 1. The van der Waals surface area contributed by atoms with Crippen LogP contribution in [0.5, 0.6) is 11.5 Å². The van der Waals surface area contributed by atoms with Crippen LogP contribution in [-0.4, -0.2) is 70.4 Å². The van der Waals surface area contributed by atoms with Crippen LogP contribution in [0.15, 0.2) is 18.2 Å². The summed E-state index contributed by atoms with van der Waals surface area (Å²) in [6, 6.07) is 5.58. The highest BCUT2D eigenvalue weighted by Crippen LogP contribution is 2.39. The number of ether oxygens (including phenoxy) is 4. The maximum Gasteiger partial charge on any atom is 0.226 e. The fourth-order valence-corrected chi connectivity index (χ4v) is 5.53. The summed E-state index contributed by atoms with van der Waals surface area (Å²) >= 11 is 0. The van der Waals surface area contributed by atoms with Crippen molar-refractivity contribution < 1.29 is 28.8 Å². The van der Waals surface area contributed by atoms with Gasteiger partial charge in [-0.05, 0) is 74.0 Å². The molecule has 0 aliphatic heterocycles. The van der Waals surface area contributed by atoms with E-state index in [1.165, 1.54) is 0 Å². The van der Waals surface area contributed by atoms with E-state index in [-0.39, 0.29) is 30.8 Å². The second-order valence-electron chi connectivity index (χ2n) is 12.0. The second kappa shape index (κ2) is 18.1. The topological polar surface area (TPSA) is 112 Å². The minimum absolute atomic E-state index is 0. The predicted molar refractivity (Wildman–Crippen MR) is 162 cm³/mol. The number of aliphatic hydroxyl groups excluding tert-OH is 1. The number of hydrogen-bond donors (Lipinski definition) is 3. The lowest BCUT2D eigenvalue weighted by atomic mass is 9.70. The van der Waals surface area contributed by atoms with Gasteiger partial charge in [0, 0.05) is 45.2 Å². The van der Waals surface area contributed by atoms with Gasteiger partial charge in [0.05, 0.1) is 25.9 Å². The van der Waals surface area contributed by atoms with E-state index in [4.69, 9.17) is 24.7 Å². The third-order valence-corrected chi connectivity index (χ3v) is 8.57. The monoisotopic (exact) mass is 586 g/mol. The van der Waals surface area contributed by atoms with Crippen molar-refractivity contribution in [3.63, 3.8) is 0 Å². The third kappa shape index (κ3) is 11.0. The maximum absolute atomic E-state index is 13.1. The predicted octanol–water partition coefficient (Wildman–Crippen LogP) is 4.77. The molecule has 0 radical (unpaired) electrons. The molecule has 1 aromatic carbocycles. The first-order chi connectivity index (χ1) is 18.5. The molecule has 3 unspecified atom stereocenters. The molecule has 1 fully saturated rings.